The molecule has 0 fully saturated rings. The Balaban J connectivity index is 1.71. The predicted molar refractivity (Wildman–Crippen MR) is 73.4 cm³/mol. The number of aromatic nitrogens is 2. The average molecular weight is 260 g/mol. The van der Waals surface area contributed by atoms with Crippen molar-refractivity contribution in [3.05, 3.63) is 54.4 Å². The lowest BCUT2D eigenvalue weighted by Crippen LogP contribution is -2.08. The molecule has 0 aliphatic heterocycles. The minimum absolute atomic E-state index is 0.344. The first-order chi connectivity index (χ1) is 8.84. The van der Waals surface area contributed by atoms with E-state index in [1.54, 1.807) is 24.2 Å². The summed E-state index contributed by atoms with van der Waals surface area (Å²) in [6.07, 6.45) is 3.51. The van der Waals surface area contributed by atoms with Crippen LogP contribution in [0.4, 0.5) is 0 Å². The number of ether oxygens (including phenoxy) is 1. The zero-order valence-electron chi connectivity index (χ0n) is 10.3. The molecule has 0 amide bonds. The molecular weight excluding hydrogens is 244 g/mol. The second-order valence-corrected chi connectivity index (χ2v) is 5.37. The highest BCUT2D eigenvalue weighted by Gasteiger charge is 2.06. The van der Waals surface area contributed by atoms with Crippen LogP contribution in [0.25, 0.3) is 0 Å². The van der Waals surface area contributed by atoms with Crippen molar-refractivity contribution in [2.75, 3.05) is 6.61 Å². The van der Waals surface area contributed by atoms with Crippen molar-refractivity contribution >= 4 is 11.8 Å². The lowest BCUT2D eigenvalue weighted by Gasteiger charge is -2.10. The SMILES string of the molecule is C[C@@H](COCc1ccccc1)Sc1ncccn1. The molecule has 0 aliphatic rings. The Labute approximate surface area is 112 Å². The molecule has 0 N–H and O–H groups in total. The van der Waals surface area contributed by atoms with Gasteiger partial charge in [0.05, 0.1) is 13.2 Å². The fraction of sp³-hybridized carbons (Fsp3) is 0.286. The minimum Gasteiger partial charge on any atom is -0.376 e. The van der Waals surface area contributed by atoms with Crippen LogP contribution >= 0.6 is 11.8 Å². The van der Waals surface area contributed by atoms with Gasteiger partial charge in [-0.05, 0) is 11.6 Å². The summed E-state index contributed by atoms with van der Waals surface area (Å²) in [7, 11) is 0. The van der Waals surface area contributed by atoms with E-state index in [2.05, 4.69) is 29.0 Å². The number of nitrogens with zero attached hydrogens (tertiary/aromatic N) is 2. The van der Waals surface area contributed by atoms with Crippen LogP contribution in [-0.2, 0) is 11.3 Å². The van der Waals surface area contributed by atoms with Crippen molar-refractivity contribution in [1.82, 2.24) is 9.97 Å². The molecule has 0 saturated carbocycles. The van der Waals surface area contributed by atoms with E-state index < -0.39 is 0 Å². The van der Waals surface area contributed by atoms with E-state index in [0.717, 1.165) is 5.16 Å². The standard InChI is InChI=1S/C14H16N2OS/c1-12(18-14-15-8-5-9-16-14)10-17-11-13-6-3-2-4-7-13/h2-9,12H,10-11H2,1H3/t12-/m0/s1. The number of benzene rings is 1. The van der Waals surface area contributed by atoms with Gasteiger partial charge in [0, 0.05) is 17.6 Å². The normalized spacial score (nSPS) is 12.3. The van der Waals surface area contributed by atoms with Crippen LogP contribution in [0, 0.1) is 0 Å². The molecule has 2 rings (SSSR count). The summed E-state index contributed by atoms with van der Waals surface area (Å²) in [5, 5.41) is 1.14. The molecule has 0 radical (unpaired) electrons. The molecule has 2 aromatic rings. The van der Waals surface area contributed by atoms with E-state index in [4.69, 9.17) is 4.74 Å². The Bertz CT molecular complexity index is 450. The number of rotatable bonds is 6. The highest BCUT2D eigenvalue weighted by molar-refractivity contribution is 7.99. The molecule has 1 heterocycles. The lowest BCUT2D eigenvalue weighted by atomic mass is 10.2. The third-order valence-corrected chi connectivity index (χ3v) is 3.27. The van der Waals surface area contributed by atoms with Crippen LogP contribution in [0.5, 0.6) is 0 Å². The first kappa shape index (κ1) is 13.1. The minimum atomic E-state index is 0.344. The second kappa shape index (κ2) is 7.13. The summed E-state index contributed by atoms with van der Waals surface area (Å²) in [6, 6.07) is 12.0. The first-order valence-electron chi connectivity index (χ1n) is 5.90. The van der Waals surface area contributed by atoms with E-state index >= 15 is 0 Å². The molecule has 3 nitrogen and oxygen atoms in total. The maximum absolute atomic E-state index is 5.68. The molecule has 1 aromatic heterocycles. The van der Waals surface area contributed by atoms with Crippen molar-refractivity contribution in [3.63, 3.8) is 0 Å². The van der Waals surface area contributed by atoms with Crippen LogP contribution in [0.3, 0.4) is 0 Å². The van der Waals surface area contributed by atoms with Gasteiger partial charge in [0.15, 0.2) is 5.16 Å². The molecule has 0 saturated heterocycles. The molecule has 4 heteroatoms. The van der Waals surface area contributed by atoms with Crippen LogP contribution < -0.4 is 0 Å². The Morgan fingerprint density at radius 2 is 1.83 bits per heavy atom. The first-order valence-corrected chi connectivity index (χ1v) is 6.78. The Hall–Kier alpha value is -1.39. The average Bonchev–Trinajstić information content (AvgIpc) is 2.41. The van der Waals surface area contributed by atoms with Crippen LogP contribution in [-0.4, -0.2) is 21.8 Å². The molecule has 18 heavy (non-hydrogen) atoms. The highest BCUT2D eigenvalue weighted by atomic mass is 32.2. The smallest absolute Gasteiger partial charge is 0.187 e. The maximum Gasteiger partial charge on any atom is 0.187 e. The van der Waals surface area contributed by atoms with Gasteiger partial charge in [-0.1, -0.05) is 49.0 Å². The summed E-state index contributed by atoms with van der Waals surface area (Å²) in [6.45, 7) is 3.46. The third-order valence-electron chi connectivity index (χ3n) is 2.31. The van der Waals surface area contributed by atoms with Gasteiger partial charge in [-0.3, -0.25) is 0 Å². The maximum atomic E-state index is 5.68. The lowest BCUT2D eigenvalue weighted by molar-refractivity contribution is 0.124. The van der Waals surface area contributed by atoms with Crippen molar-refractivity contribution in [1.29, 1.82) is 0 Å². The molecule has 0 unspecified atom stereocenters. The van der Waals surface area contributed by atoms with Gasteiger partial charge in [-0.2, -0.15) is 0 Å². The van der Waals surface area contributed by atoms with E-state index in [1.165, 1.54) is 5.56 Å². The van der Waals surface area contributed by atoms with Crippen LogP contribution in [0.15, 0.2) is 53.9 Å². The monoisotopic (exact) mass is 260 g/mol. The van der Waals surface area contributed by atoms with Crippen molar-refractivity contribution in [2.45, 2.75) is 23.9 Å². The van der Waals surface area contributed by atoms with Crippen molar-refractivity contribution in [2.24, 2.45) is 0 Å². The molecular formula is C14H16N2OS. The van der Waals surface area contributed by atoms with Gasteiger partial charge in [-0.25, -0.2) is 9.97 Å². The molecule has 0 spiro atoms. The number of thioether (sulfide) groups is 1. The molecule has 1 atom stereocenters. The summed E-state index contributed by atoms with van der Waals surface area (Å²) in [5.74, 6) is 0. The number of hydrogen-bond acceptors (Lipinski definition) is 4. The molecule has 94 valence electrons. The Morgan fingerprint density at radius 1 is 1.11 bits per heavy atom. The van der Waals surface area contributed by atoms with Gasteiger partial charge in [0.1, 0.15) is 0 Å². The molecule has 0 bridgehead atoms. The zero-order chi connectivity index (χ0) is 12.6. The third kappa shape index (κ3) is 4.47. The molecule has 1 aromatic carbocycles. The van der Waals surface area contributed by atoms with Gasteiger partial charge in [0.25, 0.3) is 0 Å². The summed E-state index contributed by atoms with van der Waals surface area (Å²) >= 11 is 1.63. The fourth-order valence-corrected chi connectivity index (χ4v) is 2.24. The van der Waals surface area contributed by atoms with Crippen molar-refractivity contribution < 1.29 is 4.74 Å². The number of hydrogen-bond donors (Lipinski definition) is 0. The quantitative estimate of drug-likeness (QED) is 0.590. The van der Waals surface area contributed by atoms with E-state index in [1.807, 2.05) is 24.3 Å². The van der Waals surface area contributed by atoms with Gasteiger partial charge >= 0.3 is 0 Å². The van der Waals surface area contributed by atoms with E-state index in [9.17, 15) is 0 Å². The summed E-state index contributed by atoms with van der Waals surface area (Å²) < 4.78 is 5.68. The highest BCUT2D eigenvalue weighted by Crippen LogP contribution is 2.18. The van der Waals surface area contributed by atoms with Crippen LogP contribution in [0.1, 0.15) is 12.5 Å². The van der Waals surface area contributed by atoms with E-state index in [0.29, 0.717) is 18.5 Å². The van der Waals surface area contributed by atoms with Gasteiger partial charge in [-0.15, -0.1) is 0 Å². The fourth-order valence-electron chi connectivity index (χ4n) is 1.48. The molecule has 0 aliphatic carbocycles. The van der Waals surface area contributed by atoms with Gasteiger partial charge < -0.3 is 4.74 Å². The second-order valence-electron chi connectivity index (χ2n) is 3.96. The Morgan fingerprint density at radius 3 is 2.56 bits per heavy atom. The van der Waals surface area contributed by atoms with E-state index in [-0.39, 0.29) is 0 Å². The van der Waals surface area contributed by atoms with Crippen molar-refractivity contribution in [3.8, 4) is 0 Å². The predicted octanol–water partition coefficient (Wildman–Crippen LogP) is 3.17. The largest absolute Gasteiger partial charge is 0.376 e. The topological polar surface area (TPSA) is 35.0 Å². The zero-order valence-corrected chi connectivity index (χ0v) is 11.1. The summed E-state index contributed by atoms with van der Waals surface area (Å²) in [5.41, 5.74) is 1.20. The van der Waals surface area contributed by atoms with Crippen LogP contribution in [0.2, 0.25) is 0 Å². The Kier molecular flexibility index (Phi) is 5.17. The van der Waals surface area contributed by atoms with Gasteiger partial charge in [0.2, 0.25) is 0 Å². The summed E-state index contributed by atoms with van der Waals surface area (Å²) in [4.78, 5) is 8.36.